The van der Waals surface area contributed by atoms with E-state index in [1.807, 2.05) is 55.8 Å². The minimum absolute atomic E-state index is 0.140. The van der Waals surface area contributed by atoms with Gasteiger partial charge in [-0.2, -0.15) is 4.79 Å². The summed E-state index contributed by atoms with van der Waals surface area (Å²) < 4.78 is 25.6. The Morgan fingerprint density at radius 1 is 1.18 bits per heavy atom. The van der Waals surface area contributed by atoms with Crippen LogP contribution in [0.25, 0.3) is 16.4 Å². The molecule has 3 aliphatic rings. The lowest BCUT2D eigenvalue weighted by atomic mass is 9.42. The summed E-state index contributed by atoms with van der Waals surface area (Å²) in [5.41, 5.74) is 0.251. The van der Waals surface area contributed by atoms with Gasteiger partial charge in [-0.05, 0) is 74.2 Å². The number of hydrogen-bond acceptors (Lipinski definition) is 5. The summed E-state index contributed by atoms with van der Waals surface area (Å²) in [6, 6.07) is 5.63. The van der Waals surface area contributed by atoms with E-state index in [0.717, 1.165) is 26.8 Å². The van der Waals surface area contributed by atoms with E-state index >= 15 is 0 Å². The van der Waals surface area contributed by atoms with Gasteiger partial charge in [0.1, 0.15) is 16.9 Å². The van der Waals surface area contributed by atoms with Crippen molar-refractivity contribution < 1.29 is 18.5 Å². The van der Waals surface area contributed by atoms with Gasteiger partial charge in [0.05, 0.1) is 23.2 Å². The number of amides is 1. The van der Waals surface area contributed by atoms with Gasteiger partial charge in [-0.3, -0.25) is 9.78 Å². The van der Waals surface area contributed by atoms with Gasteiger partial charge in [-0.25, -0.2) is 9.37 Å². The first-order valence-corrected chi connectivity index (χ1v) is 13.3. The Kier molecular flexibility index (Phi) is 5.61. The molecule has 0 atom stereocenters. The second kappa shape index (κ2) is 8.56. The minimum Gasteiger partial charge on any atom is -0.406 e. The first-order chi connectivity index (χ1) is 17.9. The van der Waals surface area contributed by atoms with Crippen molar-refractivity contribution in [1.82, 2.24) is 18.9 Å². The molecule has 0 radical (unpaired) electrons. The zero-order chi connectivity index (χ0) is 26.9. The number of aromatic nitrogens is 4. The molecule has 0 saturated heterocycles. The quantitative estimate of drug-likeness (QED) is 0.242. The van der Waals surface area contributed by atoms with Crippen molar-refractivity contribution in [1.29, 1.82) is 0 Å². The molecule has 0 N–H and O–H groups in total. The largest absolute Gasteiger partial charge is 0.596 e. The van der Waals surface area contributed by atoms with Crippen LogP contribution in [-0.4, -0.2) is 53.6 Å². The molecule has 0 unspecified atom stereocenters. The number of alkyl halides is 1. The van der Waals surface area contributed by atoms with Crippen LogP contribution in [0.15, 0.2) is 58.5 Å². The zero-order valence-corrected chi connectivity index (χ0v) is 23.0. The van der Waals surface area contributed by atoms with Crippen molar-refractivity contribution in [2.24, 2.45) is 5.41 Å². The predicted octanol–water partition coefficient (Wildman–Crippen LogP) is 5.11. The van der Waals surface area contributed by atoms with Crippen LogP contribution in [-0.2, 0) is 11.3 Å². The lowest BCUT2D eigenvalue weighted by molar-refractivity contribution is -0.488. The van der Waals surface area contributed by atoms with E-state index in [1.165, 1.54) is 0 Å². The molecule has 4 aromatic rings. The van der Waals surface area contributed by atoms with Gasteiger partial charge in [0, 0.05) is 46.3 Å². The van der Waals surface area contributed by atoms with E-state index in [0.29, 0.717) is 37.7 Å². The molecule has 7 rings (SSSR count). The Hall–Kier alpha value is -3.40. The van der Waals surface area contributed by atoms with E-state index in [9.17, 15) is 14.0 Å². The number of nitrogens with zero attached hydrogens (tertiary/aromatic N) is 5. The van der Waals surface area contributed by atoms with Crippen LogP contribution in [0, 0.1) is 5.41 Å². The maximum atomic E-state index is 14.1. The Bertz CT molecular complexity index is 1680. The topological polar surface area (TPSA) is 81.5 Å². The van der Waals surface area contributed by atoms with Gasteiger partial charge in [0.2, 0.25) is 0 Å². The first kappa shape index (κ1) is 24.9. The number of hydrogen-bond donors (Lipinski definition) is 0. The van der Waals surface area contributed by atoms with Crippen molar-refractivity contribution >= 4 is 44.7 Å². The van der Waals surface area contributed by atoms with Gasteiger partial charge in [-0.15, -0.1) is 4.58 Å². The number of fused-ring (bicyclic) bond motifs is 2. The van der Waals surface area contributed by atoms with Crippen LogP contribution in [0.1, 0.15) is 51.3 Å². The van der Waals surface area contributed by atoms with Gasteiger partial charge in [0.15, 0.2) is 12.8 Å². The van der Waals surface area contributed by atoms with Crippen LogP contribution in [0.5, 0.6) is 0 Å². The van der Waals surface area contributed by atoms with Crippen molar-refractivity contribution in [2.75, 3.05) is 6.54 Å². The number of imidazole rings is 1. The average molecular weight is 581 g/mol. The Balaban J connectivity index is 1.28. The molecule has 1 amide bonds. The SMILES string of the molecule is CC(C)(C)OC(=O)/[N+](=C\c1ccc2nc(Cn3ccc4c(Br)cncc4c3=O)cn2c1)CC12CC(F)(C1)C2. The molecule has 10 heteroatoms. The van der Waals surface area contributed by atoms with Crippen molar-refractivity contribution in [3.63, 3.8) is 0 Å². The van der Waals surface area contributed by atoms with Crippen LogP contribution in [0.2, 0.25) is 0 Å². The Morgan fingerprint density at radius 2 is 1.95 bits per heavy atom. The predicted molar refractivity (Wildman–Crippen MR) is 145 cm³/mol. The first-order valence-electron chi connectivity index (χ1n) is 12.5. The fourth-order valence-corrected chi connectivity index (χ4v) is 6.20. The van der Waals surface area contributed by atoms with Gasteiger partial charge < -0.3 is 13.7 Å². The monoisotopic (exact) mass is 580 g/mol. The Morgan fingerprint density at radius 3 is 2.66 bits per heavy atom. The fourth-order valence-electron chi connectivity index (χ4n) is 5.74. The normalized spacial score (nSPS) is 22.8. The molecule has 3 fully saturated rings. The maximum Gasteiger partial charge on any atom is 0.596 e. The van der Waals surface area contributed by atoms with Crippen LogP contribution in [0.3, 0.4) is 0 Å². The molecule has 4 heterocycles. The molecule has 0 aliphatic heterocycles. The molecule has 0 spiro atoms. The summed E-state index contributed by atoms with van der Waals surface area (Å²) in [4.78, 5) is 34.8. The zero-order valence-electron chi connectivity index (χ0n) is 21.4. The molecule has 3 aliphatic carbocycles. The smallest absolute Gasteiger partial charge is 0.406 e. The second-order valence-electron chi connectivity index (χ2n) is 11.7. The highest BCUT2D eigenvalue weighted by Crippen LogP contribution is 2.69. The molecular formula is C28H28BrFN5O3+. The van der Waals surface area contributed by atoms with Crippen molar-refractivity contribution in [3.8, 4) is 0 Å². The maximum absolute atomic E-state index is 14.1. The number of carbonyl (C=O) groups excluding carboxylic acids is 1. The number of carbonyl (C=O) groups is 1. The van der Waals surface area contributed by atoms with Crippen molar-refractivity contribution in [2.45, 2.75) is 57.8 Å². The molecule has 38 heavy (non-hydrogen) atoms. The highest BCUT2D eigenvalue weighted by molar-refractivity contribution is 9.10. The number of rotatable bonds is 5. The highest BCUT2D eigenvalue weighted by Gasteiger charge is 2.71. The van der Waals surface area contributed by atoms with Gasteiger partial charge >= 0.3 is 6.09 Å². The minimum atomic E-state index is -1.04. The molecule has 0 aromatic carbocycles. The molecule has 2 bridgehead atoms. The lowest BCUT2D eigenvalue weighted by Gasteiger charge is -2.63. The molecule has 3 saturated carbocycles. The molecule has 4 aromatic heterocycles. The van der Waals surface area contributed by atoms with Gasteiger partial charge in [0.25, 0.3) is 5.56 Å². The van der Waals surface area contributed by atoms with E-state index < -0.39 is 17.4 Å². The van der Waals surface area contributed by atoms with Crippen LogP contribution < -0.4 is 5.56 Å². The summed E-state index contributed by atoms with van der Waals surface area (Å²) in [5.74, 6) is 0. The highest BCUT2D eigenvalue weighted by atomic mass is 79.9. The van der Waals surface area contributed by atoms with E-state index in [2.05, 4.69) is 25.9 Å². The molecule has 196 valence electrons. The third-order valence-electron chi connectivity index (χ3n) is 7.22. The van der Waals surface area contributed by atoms with E-state index in [-0.39, 0.29) is 11.0 Å². The summed E-state index contributed by atoms with van der Waals surface area (Å²) >= 11 is 3.44. The molecular weight excluding hydrogens is 553 g/mol. The number of ether oxygens (including phenoxy) is 1. The summed E-state index contributed by atoms with van der Waals surface area (Å²) in [5, 5.41) is 1.35. The second-order valence-corrected chi connectivity index (χ2v) is 12.6. The van der Waals surface area contributed by atoms with Gasteiger partial charge in [-0.1, -0.05) is 0 Å². The Labute approximate surface area is 226 Å². The summed E-state index contributed by atoms with van der Waals surface area (Å²) in [6.45, 7) is 6.22. The fraction of sp³-hybridized carbons (Fsp3) is 0.393. The summed E-state index contributed by atoms with van der Waals surface area (Å²) in [7, 11) is 0. The third-order valence-corrected chi connectivity index (χ3v) is 7.85. The van der Waals surface area contributed by atoms with Crippen LogP contribution in [0.4, 0.5) is 9.18 Å². The standard InChI is InChI=1S/C28H28BrFN5O3/c1-26(2,3)38-25(37)35(17-27-14-28(30,15-27)16-27)11-18-4-5-23-32-19(13-34(23)10-18)12-33-7-6-20-21(24(33)36)8-31-9-22(20)29/h4-11,13H,12,14-17H2,1-3H3/q+1. The molecule has 8 nitrogen and oxygen atoms in total. The summed E-state index contributed by atoms with van der Waals surface area (Å²) in [6.07, 6.45) is 11.6. The van der Waals surface area contributed by atoms with Crippen molar-refractivity contribution in [3.05, 3.63) is 75.3 Å². The van der Waals surface area contributed by atoms with Crippen LogP contribution >= 0.6 is 15.9 Å². The van der Waals surface area contributed by atoms with E-state index in [4.69, 9.17) is 4.74 Å². The average Bonchev–Trinajstić information content (AvgIpc) is 3.19. The number of pyridine rings is 3. The number of halogens is 2. The lowest BCUT2D eigenvalue weighted by Crippen LogP contribution is -2.67. The third kappa shape index (κ3) is 4.55. The van der Waals surface area contributed by atoms with E-state index in [1.54, 1.807) is 33.9 Å².